The summed E-state index contributed by atoms with van der Waals surface area (Å²) in [5.41, 5.74) is -0.226. The topological polar surface area (TPSA) is 63.2 Å². The third kappa shape index (κ3) is 1.17. The van der Waals surface area contributed by atoms with Crippen LogP contribution in [0, 0.1) is 0 Å². The quantitative estimate of drug-likeness (QED) is 0.479. The number of allylic oxidation sites excluding steroid dienone is 2. The highest BCUT2D eigenvalue weighted by molar-refractivity contribution is 5.85. The van der Waals surface area contributed by atoms with Crippen molar-refractivity contribution in [2.75, 3.05) is 0 Å². The lowest BCUT2D eigenvalue weighted by Gasteiger charge is -2.07. The van der Waals surface area contributed by atoms with Gasteiger partial charge in [-0.2, -0.15) is 0 Å². The number of hydrogen-bond acceptors (Lipinski definition) is 4. The molecule has 1 aliphatic heterocycles. The van der Waals surface area contributed by atoms with Gasteiger partial charge in [0.25, 0.3) is 0 Å². The summed E-state index contributed by atoms with van der Waals surface area (Å²) >= 11 is 0. The summed E-state index contributed by atoms with van der Waals surface area (Å²) in [5.74, 6) is 4.44. The molecule has 0 fully saturated rings. The Hall–Kier alpha value is -2.11. The van der Waals surface area contributed by atoms with Gasteiger partial charge in [0.1, 0.15) is 23.2 Å². The molecule has 0 aromatic heterocycles. The molecule has 0 atom stereocenters. The fraction of sp³-hybridized carbons (Fsp3) is 0. The Morgan fingerprint density at radius 3 is 2.33 bits per heavy atom. The van der Waals surface area contributed by atoms with Crippen LogP contribution in [-0.2, 0) is 14.4 Å². The van der Waals surface area contributed by atoms with Crippen molar-refractivity contribution in [1.29, 1.82) is 0 Å². The number of rotatable bonds is 0. The molecule has 0 aromatic carbocycles. The molecule has 12 heavy (non-hydrogen) atoms. The molecule has 0 spiro atoms. The van der Waals surface area contributed by atoms with E-state index in [2.05, 4.69) is 5.32 Å². The molecule has 4 nitrogen and oxygen atoms in total. The zero-order valence-electron chi connectivity index (χ0n) is 5.88. The second kappa shape index (κ2) is 3.33. The first-order valence-corrected chi connectivity index (χ1v) is 3.02. The van der Waals surface area contributed by atoms with E-state index in [0.29, 0.717) is 0 Å². The van der Waals surface area contributed by atoms with E-state index in [9.17, 15) is 14.4 Å². The van der Waals surface area contributed by atoms with Crippen LogP contribution in [0.4, 0.5) is 0 Å². The Balaban J connectivity index is 3.39. The van der Waals surface area contributed by atoms with Crippen LogP contribution in [0.5, 0.6) is 0 Å². The smallest absolute Gasteiger partial charge is 0.152 e. The van der Waals surface area contributed by atoms with E-state index in [4.69, 9.17) is 0 Å². The van der Waals surface area contributed by atoms with E-state index in [0.717, 1.165) is 0 Å². The Bertz CT molecular complexity index is 387. The van der Waals surface area contributed by atoms with E-state index < -0.39 is 0 Å². The van der Waals surface area contributed by atoms with E-state index in [1.54, 1.807) is 0 Å². The molecule has 1 rings (SSSR count). The Morgan fingerprint density at radius 2 is 1.83 bits per heavy atom. The standard InChI is InChI=1S/C8H3NO3/c10-3-6-1-2-9-8(5-12)7(6)4-11/h1-2,9H. The van der Waals surface area contributed by atoms with Crippen LogP contribution in [0.25, 0.3) is 0 Å². The summed E-state index contributed by atoms with van der Waals surface area (Å²) in [6.07, 6.45) is 2.68. The molecule has 1 heterocycles. The molecule has 0 radical (unpaired) electrons. The van der Waals surface area contributed by atoms with Crippen LogP contribution < -0.4 is 5.32 Å². The van der Waals surface area contributed by atoms with Crippen molar-refractivity contribution in [3.63, 3.8) is 0 Å². The van der Waals surface area contributed by atoms with Gasteiger partial charge in [-0.25, -0.2) is 14.4 Å². The van der Waals surface area contributed by atoms with Crippen LogP contribution in [0.1, 0.15) is 0 Å². The lowest BCUT2D eigenvalue weighted by Crippen LogP contribution is -2.14. The maximum absolute atomic E-state index is 10.3. The monoisotopic (exact) mass is 161 g/mol. The highest BCUT2D eigenvalue weighted by Crippen LogP contribution is 2.14. The normalized spacial score (nSPS) is 14.5. The summed E-state index contributed by atoms with van der Waals surface area (Å²) in [4.78, 5) is 30.7. The Morgan fingerprint density at radius 1 is 1.08 bits per heavy atom. The summed E-state index contributed by atoms with van der Waals surface area (Å²) in [7, 11) is 0. The minimum absolute atomic E-state index is 0.00194. The number of hydrogen-bond donors (Lipinski definition) is 1. The van der Waals surface area contributed by atoms with E-state index in [1.807, 2.05) is 0 Å². The van der Waals surface area contributed by atoms with Crippen LogP contribution >= 0.6 is 0 Å². The molecular weight excluding hydrogens is 158 g/mol. The van der Waals surface area contributed by atoms with Gasteiger partial charge in [0.15, 0.2) is 5.94 Å². The van der Waals surface area contributed by atoms with Crippen molar-refractivity contribution >= 4 is 17.8 Å². The maximum atomic E-state index is 10.3. The molecule has 58 valence electrons. The van der Waals surface area contributed by atoms with Gasteiger partial charge in [0.05, 0.1) is 5.57 Å². The van der Waals surface area contributed by atoms with Gasteiger partial charge in [-0.15, -0.1) is 0 Å². The van der Waals surface area contributed by atoms with Crippen LogP contribution in [0.3, 0.4) is 0 Å². The minimum Gasteiger partial charge on any atom is -0.352 e. The maximum Gasteiger partial charge on any atom is 0.152 e. The predicted octanol–water partition coefficient (Wildman–Crippen LogP) is -0.665. The van der Waals surface area contributed by atoms with E-state index in [1.165, 1.54) is 30.1 Å². The Kier molecular flexibility index (Phi) is 2.22. The van der Waals surface area contributed by atoms with Crippen molar-refractivity contribution in [2.24, 2.45) is 0 Å². The van der Waals surface area contributed by atoms with Gasteiger partial charge < -0.3 is 5.32 Å². The van der Waals surface area contributed by atoms with Gasteiger partial charge in [-0.3, -0.25) is 0 Å². The van der Waals surface area contributed by atoms with Crippen molar-refractivity contribution in [1.82, 2.24) is 5.32 Å². The molecule has 4 heteroatoms. The molecule has 0 saturated carbocycles. The fourth-order valence-electron chi connectivity index (χ4n) is 0.770. The van der Waals surface area contributed by atoms with Gasteiger partial charge in [-0.1, -0.05) is 0 Å². The minimum atomic E-state index is -0.137. The van der Waals surface area contributed by atoms with Gasteiger partial charge in [0.2, 0.25) is 0 Å². The first-order valence-electron chi connectivity index (χ1n) is 3.02. The third-order valence-corrected chi connectivity index (χ3v) is 1.31. The van der Waals surface area contributed by atoms with Crippen LogP contribution in [0.15, 0.2) is 29.1 Å². The highest BCUT2D eigenvalue weighted by Gasteiger charge is 2.15. The average molecular weight is 161 g/mol. The summed E-state index contributed by atoms with van der Waals surface area (Å²) in [6, 6.07) is 0. The summed E-state index contributed by atoms with van der Waals surface area (Å²) in [6.45, 7) is 0. The SMILES string of the molecule is O=C=C1C=CNC(=C=O)C1=C=O. The molecule has 0 saturated heterocycles. The molecule has 0 bridgehead atoms. The first-order chi connectivity index (χ1) is 5.83. The fourth-order valence-corrected chi connectivity index (χ4v) is 0.770. The molecule has 0 amide bonds. The van der Waals surface area contributed by atoms with Crippen molar-refractivity contribution in [2.45, 2.75) is 0 Å². The lowest BCUT2D eigenvalue weighted by molar-refractivity contribution is 0.561. The molecule has 1 N–H and O–H groups in total. The number of nitrogens with one attached hydrogen (secondary N) is 1. The van der Waals surface area contributed by atoms with Crippen LogP contribution in [0.2, 0.25) is 0 Å². The van der Waals surface area contributed by atoms with Crippen molar-refractivity contribution < 1.29 is 14.4 Å². The first kappa shape index (κ1) is 7.99. The van der Waals surface area contributed by atoms with Gasteiger partial charge >= 0.3 is 0 Å². The Labute approximate surface area is 67.6 Å². The van der Waals surface area contributed by atoms with Crippen LogP contribution in [-0.4, -0.2) is 17.8 Å². The molecule has 0 aliphatic carbocycles. The zero-order valence-corrected chi connectivity index (χ0v) is 5.88. The molecular formula is C8H3NO3. The van der Waals surface area contributed by atoms with Gasteiger partial charge in [0, 0.05) is 6.20 Å². The summed E-state index contributed by atoms with van der Waals surface area (Å²) in [5, 5.41) is 2.45. The second-order valence-electron chi connectivity index (χ2n) is 1.95. The molecule has 0 aromatic rings. The summed E-state index contributed by atoms with van der Waals surface area (Å²) < 4.78 is 0. The average Bonchev–Trinajstić information content (AvgIpc) is 2.16. The molecule has 1 aliphatic rings. The van der Waals surface area contributed by atoms with Gasteiger partial charge in [-0.05, 0) is 6.08 Å². The largest absolute Gasteiger partial charge is 0.352 e. The lowest BCUT2D eigenvalue weighted by atomic mass is 10.0. The van der Waals surface area contributed by atoms with E-state index >= 15 is 0 Å². The zero-order chi connectivity index (χ0) is 8.97. The third-order valence-electron chi connectivity index (χ3n) is 1.31. The number of carbonyl (C=O) groups excluding carboxylic acids is 3. The molecule has 0 unspecified atom stereocenters. The predicted molar refractivity (Wildman–Crippen MR) is 39.9 cm³/mol. The van der Waals surface area contributed by atoms with Crippen molar-refractivity contribution in [3.8, 4) is 0 Å². The second-order valence-corrected chi connectivity index (χ2v) is 1.95. The van der Waals surface area contributed by atoms with E-state index in [-0.39, 0.29) is 16.8 Å². The van der Waals surface area contributed by atoms with Crippen molar-refractivity contribution in [3.05, 3.63) is 29.1 Å². The highest BCUT2D eigenvalue weighted by atomic mass is 16.1.